The van der Waals surface area contributed by atoms with E-state index in [0.29, 0.717) is 11.0 Å². The Kier molecular flexibility index (Phi) is 5.00. The van der Waals surface area contributed by atoms with Crippen LogP contribution < -0.4 is 16.6 Å². The molecule has 2 aromatic rings. The molecule has 136 valence electrons. The number of amides is 1. The molecule has 1 amide bonds. The van der Waals surface area contributed by atoms with Gasteiger partial charge < -0.3 is 25.5 Å². The Morgan fingerprint density at radius 2 is 2.16 bits per heavy atom. The number of carbonyl (C=O) groups excluding carboxylic acids is 1. The van der Waals surface area contributed by atoms with Crippen molar-refractivity contribution >= 4 is 29.0 Å². The zero-order chi connectivity index (χ0) is 18.8. The zero-order valence-corrected chi connectivity index (χ0v) is 14.2. The van der Waals surface area contributed by atoms with Crippen molar-refractivity contribution in [2.24, 2.45) is 0 Å². The summed E-state index contributed by atoms with van der Waals surface area (Å²) < 4.78 is 6.71. The van der Waals surface area contributed by atoms with Crippen LogP contribution in [0.1, 0.15) is 27.2 Å². The van der Waals surface area contributed by atoms with Gasteiger partial charge in [0.15, 0.2) is 0 Å². The van der Waals surface area contributed by atoms with Gasteiger partial charge in [-0.1, -0.05) is 0 Å². The van der Waals surface area contributed by atoms with E-state index in [4.69, 9.17) is 15.6 Å². The summed E-state index contributed by atoms with van der Waals surface area (Å²) in [5.41, 5.74) is 4.76. The average molecular weight is 351 g/mol. The number of nitrogens with one attached hydrogen (secondary N) is 2. The lowest BCUT2D eigenvalue weighted by molar-refractivity contribution is -0.137. The van der Waals surface area contributed by atoms with Crippen molar-refractivity contribution in [2.75, 3.05) is 5.73 Å². The maximum atomic E-state index is 11.9. The number of aliphatic carboxylic acids is 1. The van der Waals surface area contributed by atoms with Crippen LogP contribution in [0.4, 0.5) is 10.7 Å². The van der Waals surface area contributed by atoms with Gasteiger partial charge >= 0.3 is 12.1 Å². The zero-order valence-electron chi connectivity index (χ0n) is 14.2. The number of alkyl carbamates (subject to hydrolysis) is 1. The number of hydrogen-bond acceptors (Lipinski definition) is 6. The molecule has 0 saturated heterocycles. The molecule has 10 heteroatoms. The predicted octanol–water partition coefficient (Wildman–Crippen LogP) is 0.675. The molecule has 2 aromatic heterocycles. The fourth-order valence-electron chi connectivity index (χ4n) is 2.32. The minimum absolute atomic E-state index is 0.0488. The van der Waals surface area contributed by atoms with Crippen LogP contribution in [-0.4, -0.2) is 43.3 Å². The standard InChI is InChI=1S/C15H21N5O5/c1-15(2,3)25-14(24)17-8(6-10(21)22)7-20-5-4-9-11(20)18-13(16)19-12(9)23/h4-5,8H,6-7H2,1-3H3,(H,17,24)(H,21,22)(H3,16,18,19,23)/t8-/m0/s1. The molecule has 0 aliphatic rings. The number of hydrogen-bond donors (Lipinski definition) is 4. The largest absolute Gasteiger partial charge is 0.481 e. The number of H-pyrrole nitrogens is 1. The molecule has 2 heterocycles. The van der Waals surface area contributed by atoms with Crippen LogP contribution in [0.15, 0.2) is 17.1 Å². The van der Waals surface area contributed by atoms with E-state index in [-0.39, 0.29) is 18.9 Å². The summed E-state index contributed by atoms with van der Waals surface area (Å²) >= 11 is 0. The van der Waals surface area contributed by atoms with Gasteiger partial charge in [-0.3, -0.25) is 14.6 Å². The van der Waals surface area contributed by atoms with E-state index < -0.39 is 29.3 Å². The normalized spacial score (nSPS) is 12.8. The van der Waals surface area contributed by atoms with Gasteiger partial charge in [0, 0.05) is 12.7 Å². The maximum absolute atomic E-state index is 11.9. The number of aromatic amines is 1. The van der Waals surface area contributed by atoms with Crippen molar-refractivity contribution in [2.45, 2.75) is 45.4 Å². The Balaban J connectivity index is 2.24. The van der Waals surface area contributed by atoms with E-state index in [1.54, 1.807) is 37.6 Å². The van der Waals surface area contributed by atoms with Gasteiger partial charge in [-0.15, -0.1) is 0 Å². The quantitative estimate of drug-likeness (QED) is 0.617. The first-order chi connectivity index (χ1) is 11.5. The van der Waals surface area contributed by atoms with Gasteiger partial charge in [-0.2, -0.15) is 4.98 Å². The molecule has 0 saturated carbocycles. The molecule has 0 aliphatic carbocycles. The van der Waals surface area contributed by atoms with E-state index in [9.17, 15) is 14.4 Å². The Labute approximate surface area is 143 Å². The van der Waals surface area contributed by atoms with E-state index in [2.05, 4.69) is 15.3 Å². The van der Waals surface area contributed by atoms with Crippen LogP contribution in [0.2, 0.25) is 0 Å². The van der Waals surface area contributed by atoms with Crippen LogP contribution in [0.25, 0.3) is 11.0 Å². The second-order valence-corrected chi connectivity index (χ2v) is 6.60. The molecule has 2 rings (SSSR count). The number of carbonyl (C=O) groups is 2. The molecule has 0 aromatic carbocycles. The van der Waals surface area contributed by atoms with Crippen LogP contribution in [0.3, 0.4) is 0 Å². The van der Waals surface area contributed by atoms with E-state index >= 15 is 0 Å². The van der Waals surface area contributed by atoms with Gasteiger partial charge in [0.2, 0.25) is 5.95 Å². The number of nitrogens with two attached hydrogens (primary N) is 1. The summed E-state index contributed by atoms with van der Waals surface area (Å²) in [6.45, 7) is 5.20. The Morgan fingerprint density at radius 3 is 2.76 bits per heavy atom. The second kappa shape index (κ2) is 6.83. The molecule has 10 nitrogen and oxygen atoms in total. The van der Waals surface area contributed by atoms with Gasteiger partial charge in [0.05, 0.1) is 17.8 Å². The number of anilines is 1. The number of carboxylic acids is 1. The van der Waals surface area contributed by atoms with E-state index in [1.807, 2.05) is 0 Å². The lowest BCUT2D eigenvalue weighted by Crippen LogP contribution is -2.42. The van der Waals surface area contributed by atoms with Crippen molar-refractivity contribution in [3.63, 3.8) is 0 Å². The Hall–Kier alpha value is -3.04. The monoisotopic (exact) mass is 351 g/mol. The van der Waals surface area contributed by atoms with Gasteiger partial charge in [0.1, 0.15) is 11.2 Å². The number of nitrogen functional groups attached to an aromatic ring is 1. The molecule has 5 N–H and O–H groups in total. The van der Waals surface area contributed by atoms with Crippen molar-refractivity contribution < 1.29 is 19.4 Å². The van der Waals surface area contributed by atoms with Crippen molar-refractivity contribution in [1.82, 2.24) is 19.9 Å². The summed E-state index contributed by atoms with van der Waals surface area (Å²) in [4.78, 5) is 41.3. The third-order valence-corrected chi connectivity index (χ3v) is 3.21. The minimum Gasteiger partial charge on any atom is -0.481 e. The van der Waals surface area contributed by atoms with Crippen LogP contribution in [0, 0.1) is 0 Å². The van der Waals surface area contributed by atoms with Crippen molar-refractivity contribution in [1.29, 1.82) is 0 Å². The third kappa shape index (κ3) is 4.96. The molecule has 0 unspecified atom stereocenters. The Morgan fingerprint density at radius 1 is 1.48 bits per heavy atom. The smallest absolute Gasteiger partial charge is 0.407 e. The third-order valence-electron chi connectivity index (χ3n) is 3.21. The van der Waals surface area contributed by atoms with E-state index in [0.717, 1.165) is 0 Å². The highest BCUT2D eigenvalue weighted by Crippen LogP contribution is 2.12. The highest BCUT2D eigenvalue weighted by molar-refractivity contribution is 5.76. The molecule has 0 aliphatic heterocycles. The Bertz CT molecular complexity index is 848. The summed E-state index contributed by atoms with van der Waals surface area (Å²) in [6, 6.07) is 0.789. The highest BCUT2D eigenvalue weighted by Gasteiger charge is 2.22. The van der Waals surface area contributed by atoms with Crippen LogP contribution in [0.5, 0.6) is 0 Å². The molecule has 0 bridgehead atoms. The number of aromatic nitrogens is 3. The molecule has 0 spiro atoms. The number of fused-ring (bicyclic) bond motifs is 1. The fraction of sp³-hybridized carbons (Fsp3) is 0.467. The van der Waals surface area contributed by atoms with Crippen LogP contribution in [-0.2, 0) is 16.1 Å². The van der Waals surface area contributed by atoms with Gasteiger partial charge in [-0.25, -0.2) is 4.79 Å². The van der Waals surface area contributed by atoms with Crippen molar-refractivity contribution in [3.8, 4) is 0 Å². The molecule has 0 radical (unpaired) electrons. The first kappa shape index (κ1) is 18.3. The molecule has 1 atom stereocenters. The lowest BCUT2D eigenvalue weighted by atomic mass is 10.2. The summed E-state index contributed by atoms with van der Waals surface area (Å²) in [5.74, 6) is -1.13. The summed E-state index contributed by atoms with van der Waals surface area (Å²) in [5, 5.41) is 11.9. The van der Waals surface area contributed by atoms with Gasteiger partial charge in [0.25, 0.3) is 5.56 Å². The predicted molar refractivity (Wildman–Crippen MR) is 90.2 cm³/mol. The number of rotatable bonds is 5. The number of ether oxygens (including phenoxy) is 1. The summed E-state index contributed by atoms with van der Waals surface area (Å²) in [6.07, 6.45) is 0.538. The lowest BCUT2D eigenvalue weighted by Gasteiger charge is -2.23. The highest BCUT2D eigenvalue weighted by atomic mass is 16.6. The maximum Gasteiger partial charge on any atom is 0.407 e. The molecule has 0 fully saturated rings. The number of nitrogens with zero attached hydrogens (tertiary/aromatic N) is 2. The average Bonchev–Trinajstić information content (AvgIpc) is 2.78. The molecular weight excluding hydrogens is 330 g/mol. The van der Waals surface area contributed by atoms with Crippen LogP contribution >= 0.6 is 0 Å². The summed E-state index contributed by atoms with van der Waals surface area (Å²) in [7, 11) is 0. The first-order valence-corrected chi connectivity index (χ1v) is 7.61. The van der Waals surface area contributed by atoms with Crippen molar-refractivity contribution in [3.05, 3.63) is 22.6 Å². The molecular formula is C15H21N5O5. The SMILES string of the molecule is CC(C)(C)OC(=O)N[C@@H](CC(=O)O)Cn1ccc2c(=O)[nH]c(N)nc21. The van der Waals surface area contributed by atoms with Gasteiger partial charge in [-0.05, 0) is 26.8 Å². The topological polar surface area (TPSA) is 152 Å². The molecule has 25 heavy (non-hydrogen) atoms. The first-order valence-electron chi connectivity index (χ1n) is 7.61. The second-order valence-electron chi connectivity index (χ2n) is 6.60. The number of carboxylic acid groups (broad SMARTS) is 1. The minimum atomic E-state index is -1.08. The fourth-order valence-corrected chi connectivity index (χ4v) is 2.32. The van der Waals surface area contributed by atoms with E-state index in [1.165, 1.54) is 0 Å².